The van der Waals surface area contributed by atoms with Crippen molar-refractivity contribution in [1.82, 2.24) is 14.7 Å². The van der Waals surface area contributed by atoms with Crippen molar-refractivity contribution in [2.24, 2.45) is 5.92 Å². The Morgan fingerprint density at radius 2 is 2.33 bits per heavy atom. The molecule has 0 aromatic carbocycles. The smallest absolute Gasteiger partial charge is 0.113 e. The minimum atomic E-state index is 0.774. The van der Waals surface area contributed by atoms with Gasteiger partial charge in [-0.3, -0.25) is 0 Å². The predicted octanol–water partition coefficient (Wildman–Crippen LogP) is 1.40. The zero-order chi connectivity index (χ0) is 10.3. The van der Waals surface area contributed by atoms with E-state index in [1.54, 1.807) is 0 Å². The standard InChI is InChI=1S/C12H15N3/c1-9-2-3-11-7-14-12(15(11)8-9)4-10-5-13-6-10/h2-3,7-8,10,13H,4-6H2,1H3. The number of nitrogens with one attached hydrogen (secondary N) is 1. The number of rotatable bonds is 2. The van der Waals surface area contributed by atoms with Gasteiger partial charge in [0.25, 0.3) is 0 Å². The highest BCUT2D eigenvalue weighted by atomic mass is 15.0. The van der Waals surface area contributed by atoms with Crippen molar-refractivity contribution >= 4 is 5.52 Å². The molecule has 0 spiro atoms. The van der Waals surface area contributed by atoms with Crippen molar-refractivity contribution < 1.29 is 0 Å². The van der Waals surface area contributed by atoms with E-state index < -0.39 is 0 Å². The third-order valence-electron chi connectivity index (χ3n) is 3.09. The Hall–Kier alpha value is -1.35. The van der Waals surface area contributed by atoms with Crippen molar-refractivity contribution in [3.8, 4) is 0 Å². The number of aryl methyl sites for hydroxylation is 1. The SMILES string of the molecule is Cc1ccc2cnc(CC3CNC3)n2c1. The zero-order valence-electron chi connectivity index (χ0n) is 8.90. The fraction of sp³-hybridized carbons (Fsp3) is 0.417. The van der Waals surface area contributed by atoms with E-state index in [0.717, 1.165) is 25.4 Å². The second-order valence-electron chi connectivity index (χ2n) is 4.40. The summed E-state index contributed by atoms with van der Waals surface area (Å²) in [7, 11) is 0. The summed E-state index contributed by atoms with van der Waals surface area (Å²) < 4.78 is 2.22. The maximum atomic E-state index is 4.49. The number of hydrogen-bond acceptors (Lipinski definition) is 2. The van der Waals surface area contributed by atoms with E-state index >= 15 is 0 Å². The fourth-order valence-corrected chi connectivity index (χ4v) is 2.05. The molecule has 0 aliphatic carbocycles. The van der Waals surface area contributed by atoms with Gasteiger partial charge in [0.15, 0.2) is 0 Å². The highest BCUT2D eigenvalue weighted by Gasteiger charge is 2.19. The van der Waals surface area contributed by atoms with Crippen molar-refractivity contribution in [2.75, 3.05) is 13.1 Å². The normalized spacial score (nSPS) is 16.9. The Labute approximate surface area is 89.1 Å². The Balaban J connectivity index is 1.98. The quantitative estimate of drug-likeness (QED) is 0.796. The van der Waals surface area contributed by atoms with Crippen molar-refractivity contribution in [3.05, 3.63) is 35.9 Å². The van der Waals surface area contributed by atoms with Crippen LogP contribution in [0.25, 0.3) is 5.52 Å². The second-order valence-corrected chi connectivity index (χ2v) is 4.40. The molecule has 1 aliphatic heterocycles. The number of hydrogen-bond donors (Lipinski definition) is 1. The summed E-state index contributed by atoms with van der Waals surface area (Å²) in [6.07, 6.45) is 5.22. The second kappa shape index (κ2) is 3.35. The summed E-state index contributed by atoms with van der Waals surface area (Å²) in [5, 5.41) is 3.30. The van der Waals surface area contributed by atoms with E-state index in [0.29, 0.717) is 0 Å². The molecule has 3 rings (SSSR count). The summed E-state index contributed by atoms with van der Waals surface area (Å²) in [5.74, 6) is 1.97. The van der Waals surface area contributed by atoms with Gasteiger partial charge >= 0.3 is 0 Å². The van der Waals surface area contributed by atoms with Crippen LogP contribution in [0.5, 0.6) is 0 Å². The first kappa shape index (κ1) is 8.92. The lowest BCUT2D eigenvalue weighted by molar-refractivity contribution is 0.340. The summed E-state index contributed by atoms with van der Waals surface area (Å²) in [4.78, 5) is 4.49. The van der Waals surface area contributed by atoms with Crippen LogP contribution in [0, 0.1) is 12.8 Å². The Morgan fingerprint density at radius 3 is 3.07 bits per heavy atom. The highest BCUT2D eigenvalue weighted by molar-refractivity contribution is 5.46. The lowest BCUT2D eigenvalue weighted by atomic mass is 9.99. The summed E-state index contributed by atoms with van der Waals surface area (Å²) in [6.45, 7) is 4.40. The molecule has 0 unspecified atom stereocenters. The molecule has 15 heavy (non-hydrogen) atoms. The van der Waals surface area contributed by atoms with Gasteiger partial charge in [0.05, 0.1) is 11.7 Å². The molecule has 1 saturated heterocycles. The average Bonchev–Trinajstić information content (AvgIpc) is 2.54. The Morgan fingerprint density at radius 1 is 1.47 bits per heavy atom. The molecule has 0 atom stereocenters. The van der Waals surface area contributed by atoms with Gasteiger partial charge in [-0.2, -0.15) is 0 Å². The fourth-order valence-electron chi connectivity index (χ4n) is 2.05. The molecular weight excluding hydrogens is 186 g/mol. The molecule has 2 aromatic heterocycles. The van der Waals surface area contributed by atoms with Gasteiger partial charge in [-0.15, -0.1) is 0 Å². The van der Waals surface area contributed by atoms with Crippen LogP contribution in [0.1, 0.15) is 11.4 Å². The maximum absolute atomic E-state index is 4.49. The van der Waals surface area contributed by atoms with Crippen LogP contribution in [0.15, 0.2) is 24.5 Å². The highest BCUT2D eigenvalue weighted by Crippen LogP contribution is 2.14. The monoisotopic (exact) mass is 201 g/mol. The largest absolute Gasteiger partial charge is 0.316 e. The van der Waals surface area contributed by atoms with E-state index in [1.807, 2.05) is 6.20 Å². The van der Waals surface area contributed by atoms with Crippen LogP contribution < -0.4 is 5.32 Å². The number of pyridine rings is 1. The van der Waals surface area contributed by atoms with Crippen LogP contribution in [-0.4, -0.2) is 22.5 Å². The van der Waals surface area contributed by atoms with Gasteiger partial charge in [-0.1, -0.05) is 6.07 Å². The van der Waals surface area contributed by atoms with Crippen LogP contribution >= 0.6 is 0 Å². The number of imidazole rings is 1. The van der Waals surface area contributed by atoms with Crippen molar-refractivity contribution in [3.63, 3.8) is 0 Å². The molecule has 0 amide bonds. The zero-order valence-corrected chi connectivity index (χ0v) is 8.90. The van der Waals surface area contributed by atoms with Gasteiger partial charge in [0, 0.05) is 12.6 Å². The van der Waals surface area contributed by atoms with Gasteiger partial charge in [0.1, 0.15) is 5.82 Å². The molecule has 0 saturated carbocycles. The van der Waals surface area contributed by atoms with Crippen LogP contribution in [0.4, 0.5) is 0 Å². The molecule has 78 valence electrons. The van der Waals surface area contributed by atoms with E-state index in [-0.39, 0.29) is 0 Å². The Bertz CT molecular complexity index is 483. The van der Waals surface area contributed by atoms with Crippen LogP contribution in [0.3, 0.4) is 0 Å². The lowest BCUT2D eigenvalue weighted by Crippen LogP contribution is -2.43. The minimum Gasteiger partial charge on any atom is -0.316 e. The summed E-state index contributed by atoms with van der Waals surface area (Å²) >= 11 is 0. The van der Waals surface area contributed by atoms with Crippen molar-refractivity contribution in [1.29, 1.82) is 0 Å². The average molecular weight is 201 g/mol. The molecule has 0 bridgehead atoms. The van der Waals surface area contributed by atoms with E-state index in [4.69, 9.17) is 0 Å². The van der Waals surface area contributed by atoms with Crippen LogP contribution in [0.2, 0.25) is 0 Å². The topological polar surface area (TPSA) is 29.3 Å². The molecule has 3 heteroatoms. The van der Waals surface area contributed by atoms with Gasteiger partial charge < -0.3 is 9.72 Å². The van der Waals surface area contributed by atoms with E-state index in [2.05, 4.69) is 40.0 Å². The molecule has 1 aliphatic rings. The Kier molecular flexibility index (Phi) is 1.99. The summed E-state index contributed by atoms with van der Waals surface area (Å²) in [6, 6.07) is 4.26. The summed E-state index contributed by atoms with van der Waals surface area (Å²) in [5.41, 5.74) is 2.48. The molecule has 3 nitrogen and oxygen atoms in total. The minimum absolute atomic E-state index is 0.774. The number of fused-ring (bicyclic) bond motifs is 1. The molecule has 0 radical (unpaired) electrons. The molecule has 1 N–H and O–H groups in total. The first-order valence-corrected chi connectivity index (χ1v) is 5.46. The van der Waals surface area contributed by atoms with Gasteiger partial charge in [0.2, 0.25) is 0 Å². The molecular formula is C12H15N3. The first-order chi connectivity index (χ1) is 7.33. The maximum Gasteiger partial charge on any atom is 0.113 e. The molecule has 3 heterocycles. The van der Waals surface area contributed by atoms with Crippen LogP contribution in [-0.2, 0) is 6.42 Å². The number of aromatic nitrogens is 2. The molecule has 1 fully saturated rings. The third kappa shape index (κ3) is 1.53. The predicted molar refractivity (Wildman–Crippen MR) is 60.0 cm³/mol. The number of nitrogens with zero attached hydrogens (tertiary/aromatic N) is 2. The van der Waals surface area contributed by atoms with Crippen molar-refractivity contribution in [2.45, 2.75) is 13.3 Å². The molecule has 2 aromatic rings. The third-order valence-corrected chi connectivity index (χ3v) is 3.09. The van der Waals surface area contributed by atoms with E-state index in [9.17, 15) is 0 Å². The van der Waals surface area contributed by atoms with E-state index in [1.165, 1.54) is 16.9 Å². The van der Waals surface area contributed by atoms with Gasteiger partial charge in [-0.25, -0.2) is 4.98 Å². The first-order valence-electron chi connectivity index (χ1n) is 5.46. The van der Waals surface area contributed by atoms with Gasteiger partial charge in [-0.05, 0) is 37.6 Å². The lowest BCUT2D eigenvalue weighted by Gasteiger charge is -2.26.